The van der Waals surface area contributed by atoms with Crippen LogP contribution in [0.4, 0.5) is 5.69 Å². The Kier molecular flexibility index (Phi) is 5.19. The van der Waals surface area contributed by atoms with E-state index in [-0.39, 0.29) is 29.9 Å². The molecule has 0 radical (unpaired) electrons. The number of aromatic nitrogens is 2. The standard InChI is InChI=1S/C15H16N4O4/c1-2-12-9-14(20)18(10-17-12)7-6-16-15(21)11-4-3-5-13(8-11)19(22)23/h3-5,8-10H,2,6-7H2,1H3,(H,16,21). The molecule has 0 aliphatic carbocycles. The first-order valence-corrected chi connectivity index (χ1v) is 7.09. The zero-order chi connectivity index (χ0) is 16.8. The van der Waals surface area contributed by atoms with Gasteiger partial charge in [0, 0.05) is 42.5 Å². The summed E-state index contributed by atoms with van der Waals surface area (Å²) < 4.78 is 1.40. The normalized spacial score (nSPS) is 10.3. The summed E-state index contributed by atoms with van der Waals surface area (Å²) in [5.41, 5.74) is 0.590. The van der Waals surface area contributed by atoms with Crippen LogP contribution in [0.1, 0.15) is 23.0 Å². The summed E-state index contributed by atoms with van der Waals surface area (Å²) in [6, 6.07) is 6.93. The van der Waals surface area contributed by atoms with Crippen LogP contribution in [0.25, 0.3) is 0 Å². The lowest BCUT2D eigenvalue weighted by Crippen LogP contribution is -2.31. The Balaban J connectivity index is 1.96. The summed E-state index contributed by atoms with van der Waals surface area (Å²) in [6.07, 6.45) is 2.13. The lowest BCUT2D eigenvalue weighted by atomic mass is 10.2. The number of nitrogens with one attached hydrogen (secondary N) is 1. The zero-order valence-corrected chi connectivity index (χ0v) is 12.6. The van der Waals surface area contributed by atoms with Gasteiger partial charge in [0.25, 0.3) is 17.2 Å². The largest absolute Gasteiger partial charge is 0.350 e. The molecule has 0 aliphatic heterocycles. The van der Waals surface area contributed by atoms with Gasteiger partial charge in [-0.15, -0.1) is 0 Å². The summed E-state index contributed by atoms with van der Waals surface area (Å²) >= 11 is 0. The van der Waals surface area contributed by atoms with Crippen molar-refractivity contribution in [2.24, 2.45) is 0 Å². The molecule has 1 aromatic heterocycles. The van der Waals surface area contributed by atoms with E-state index in [0.717, 1.165) is 0 Å². The summed E-state index contributed by atoms with van der Waals surface area (Å²) in [6.45, 7) is 2.40. The number of nitrogens with zero attached hydrogens (tertiary/aromatic N) is 3. The Morgan fingerprint density at radius 3 is 2.83 bits per heavy atom. The maximum Gasteiger partial charge on any atom is 0.270 e. The molecule has 23 heavy (non-hydrogen) atoms. The maximum absolute atomic E-state index is 12.0. The molecule has 0 bridgehead atoms. The first kappa shape index (κ1) is 16.3. The van der Waals surface area contributed by atoms with Crippen LogP contribution in [0.3, 0.4) is 0 Å². The van der Waals surface area contributed by atoms with Crippen LogP contribution in [0.5, 0.6) is 0 Å². The van der Waals surface area contributed by atoms with Crippen LogP contribution in [-0.2, 0) is 13.0 Å². The third kappa shape index (κ3) is 4.22. The molecule has 2 aromatic rings. The molecule has 120 valence electrons. The Morgan fingerprint density at radius 1 is 1.39 bits per heavy atom. The Hall–Kier alpha value is -3.03. The number of hydrogen-bond donors (Lipinski definition) is 1. The first-order chi connectivity index (χ1) is 11.0. The average Bonchev–Trinajstić information content (AvgIpc) is 2.56. The van der Waals surface area contributed by atoms with Crippen molar-refractivity contribution in [3.63, 3.8) is 0 Å². The van der Waals surface area contributed by atoms with E-state index in [9.17, 15) is 19.7 Å². The van der Waals surface area contributed by atoms with Gasteiger partial charge in [-0.25, -0.2) is 4.98 Å². The Bertz CT molecular complexity index is 785. The molecule has 2 rings (SSSR count). The van der Waals surface area contributed by atoms with Crippen LogP contribution in [0, 0.1) is 10.1 Å². The molecule has 0 atom stereocenters. The Morgan fingerprint density at radius 2 is 2.17 bits per heavy atom. The van der Waals surface area contributed by atoms with Crippen LogP contribution >= 0.6 is 0 Å². The van der Waals surface area contributed by atoms with E-state index in [2.05, 4.69) is 10.3 Å². The fraction of sp³-hybridized carbons (Fsp3) is 0.267. The van der Waals surface area contributed by atoms with Crippen molar-refractivity contribution < 1.29 is 9.72 Å². The van der Waals surface area contributed by atoms with Crippen molar-refractivity contribution in [2.45, 2.75) is 19.9 Å². The van der Waals surface area contributed by atoms with Crippen LogP contribution in [0.2, 0.25) is 0 Å². The number of non-ortho nitro benzene ring substituents is 1. The second-order valence-electron chi connectivity index (χ2n) is 4.83. The molecule has 8 nitrogen and oxygen atoms in total. The second-order valence-corrected chi connectivity index (χ2v) is 4.83. The summed E-state index contributed by atoms with van der Waals surface area (Å²) in [7, 11) is 0. The Labute approximate surface area is 131 Å². The van der Waals surface area contributed by atoms with Gasteiger partial charge < -0.3 is 5.32 Å². The van der Waals surface area contributed by atoms with E-state index in [1.807, 2.05) is 6.92 Å². The lowest BCUT2D eigenvalue weighted by molar-refractivity contribution is -0.384. The number of hydrogen-bond acceptors (Lipinski definition) is 5. The minimum absolute atomic E-state index is 0.145. The smallest absolute Gasteiger partial charge is 0.270 e. The zero-order valence-electron chi connectivity index (χ0n) is 12.6. The molecule has 0 unspecified atom stereocenters. The van der Waals surface area contributed by atoms with Crippen molar-refractivity contribution in [3.05, 3.63) is 68.4 Å². The van der Waals surface area contributed by atoms with Gasteiger partial charge in [0.2, 0.25) is 0 Å². The molecule has 0 aliphatic rings. The van der Waals surface area contributed by atoms with E-state index in [0.29, 0.717) is 12.1 Å². The van der Waals surface area contributed by atoms with Crippen molar-refractivity contribution in [1.29, 1.82) is 0 Å². The van der Waals surface area contributed by atoms with Gasteiger partial charge in [-0.1, -0.05) is 13.0 Å². The SMILES string of the molecule is CCc1cc(=O)n(CCNC(=O)c2cccc([N+](=O)[O-])c2)cn1. The molecule has 0 fully saturated rings. The number of carbonyl (C=O) groups is 1. The number of amides is 1. The predicted molar refractivity (Wildman–Crippen MR) is 83.3 cm³/mol. The minimum Gasteiger partial charge on any atom is -0.350 e. The molecule has 1 heterocycles. The van der Waals surface area contributed by atoms with E-state index in [1.165, 1.54) is 41.2 Å². The predicted octanol–water partition coefficient (Wildman–Crippen LogP) is 1.14. The number of nitro benzene ring substituents is 1. The molecular formula is C15H16N4O4. The quantitative estimate of drug-likeness (QED) is 0.635. The van der Waals surface area contributed by atoms with Gasteiger partial charge in [-0.3, -0.25) is 24.3 Å². The number of nitro groups is 1. The van der Waals surface area contributed by atoms with Crippen LogP contribution in [0.15, 0.2) is 41.5 Å². The summed E-state index contributed by atoms with van der Waals surface area (Å²) in [4.78, 5) is 38.0. The molecule has 1 amide bonds. The monoisotopic (exact) mass is 316 g/mol. The van der Waals surface area contributed by atoms with Gasteiger partial charge >= 0.3 is 0 Å². The number of carbonyl (C=O) groups excluding carboxylic acids is 1. The van der Waals surface area contributed by atoms with E-state index in [1.54, 1.807) is 0 Å². The third-order valence-corrected chi connectivity index (χ3v) is 3.26. The van der Waals surface area contributed by atoms with Gasteiger partial charge in [0.1, 0.15) is 0 Å². The average molecular weight is 316 g/mol. The van der Waals surface area contributed by atoms with Gasteiger partial charge in [0.05, 0.1) is 11.3 Å². The summed E-state index contributed by atoms with van der Waals surface area (Å²) in [5, 5.41) is 13.3. The van der Waals surface area contributed by atoms with Crippen LogP contribution < -0.4 is 10.9 Å². The fourth-order valence-corrected chi connectivity index (χ4v) is 1.98. The van der Waals surface area contributed by atoms with E-state index >= 15 is 0 Å². The van der Waals surface area contributed by atoms with Gasteiger partial charge in [0.15, 0.2) is 0 Å². The van der Waals surface area contributed by atoms with Crippen molar-refractivity contribution in [3.8, 4) is 0 Å². The number of rotatable bonds is 6. The highest BCUT2D eigenvalue weighted by Gasteiger charge is 2.11. The molecule has 0 saturated carbocycles. The first-order valence-electron chi connectivity index (χ1n) is 7.09. The molecule has 1 N–H and O–H groups in total. The topological polar surface area (TPSA) is 107 Å². The van der Waals surface area contributed by atoms with Crippen molar-refractivity contribution in [1.82, 2.24) is 14.9 Å². The van der Waals surface area contributed by atoms with Gasteiger partial charge in [-0.05, 0) is 12.5 Å². The fourth-order valence-electron chi connectivity index (χ4n) is 1.98. The number of aryl methyl sites for hydroxylation is 1. The van der Waals surface area contributed by atoms with Crippen LogP contribution in [-0.4, -0.2) is 26.9 Å². The second kappa shape index (κ2) is 7.30. The maximum atomic E-state index is 12.0. The molecule has 0 spiro atoms. The third-order valence-electron chi connectivity index (χ3n) is 3.26. The number of benzene rings is 1. The van der Waals surface area contributed by atoms with Gasteiger partial charge in [-0.2, -0.15) is 0 Å². The molecule has 0 saturated heterocycles. The highest BCUT2D eigenvalue weighted by atomic mass is 16.6. The highest BCUT2D eigenvalue weighted by molar-refractivity contribution is 5.94. The highest BCUT2D eigenvalue weighted by Crippen LogP contribution is 2.12. The summed E-state index contributed by atoms with van der Waals surface area (Å²) in [5.74, 6) is -0.431. The molecular weight excluding hydrogens is 300 g/mol. The molecule has 8 heteroatoms. The molecule has 1 aromatic carbocycles. The van der Waals surface area contributed by atoms with Crippen molar-refractivity contribution in [2.75, 3.05) is 6.54 Å². The van der Waals surface area contributed by atoms with Crippen molar-refractivity contribution >= 4 is 11.6 Å². The lowest BCUT2D eigenvalue weighted by Gasteiger charge is -2.07. The minimum atomic E-state index is -0.558. The van der Waals surface area contributed by atoms with E-state index in [4.69, 9.17) is 0 Å². The van der Waals surface area contributed by atoms with E-state index < -0.39 is 10.8 Å².